The number of carbonyl (C=O) groups is 2. The highest BCUT2D eigenvalue weighted by atomic mass is 16.5. The molecule has 0 aromatic heterocycles. The van der Waals surface area contributed by atoms with Gasteiger partial charge >= 0.3 is 0 Å². The summed E-state index contributed by atoms with van der Waals surface area (Å²) < 4.78 is 11.5. The van der Waals surface area contributed by atoms with Crippen LogP contribution in [0.4, 0.5) is 0 Å². The first-order valence-electron chi connectivity index (χ1n) is 10.2. The fraction of sp³-hybridized carbons (Fsp3) is 0.333. The minimum Gasteiger partial charge on any atom is -0.489 e. The quantitative estimate of drug-likeness (QED) is 0.450. The lowest BCUT2D eigenvalue weighted by molar-refractivity contribution is -0.128. The number of rotatable bonds is 10. The first kappa shape index (κ1) is 23.0. The van der Waals surface area contributed by atoms with Crippen LogP contribution in [0.1, 0.15) is 55.5 Å². The van der Waals surface area contributed by atoms with Gasteiger partial charge in [-0.3, -0.25) is 20.4 Å². The van der Waals surface area contributed by atoms with Crippen molar-refractivity contribution in [2.24, 2.45) is 0 Å². The molecule has 2 rings (SSSR count). The number of amides is 2. The molecule has 0 saturated heterocycles. The molecule has 0 fully saturated rings. The zero-order valence-electron chi connectivity index (χ0n) is 17.8. The molecule has 2 unspecified atom stereocenters. The predicted molar refractivity (Wildman–Crippen MR) is 118 cm³/mol. The van der Waals surface area contributed by atoms with E-state index in [1.165, 1.54) is 0 Å². The third-order valence-electron chi connectivity index (χ3n) is 4.78. The molecular weight excluding hydrogens is 380 g/mol. The van der Waals surface area contributed by atoms with E-state index < -0.39 is 17.9 Å². The summed E-state index contributed by atoms with van der Waals surface area (Å²) >= 11 is 0. The molecule has 6 heteroatoms. The van der Waals surface area contributed by atoms with Gasteiger partial charge in [-0.05, 0) is 42.5 Å². The van der Waals surface area contributed by atoms with Crippen molar-refractivity contribution in [2.75, 3.05) is 6.61 Å². The molecule has 30 heavy (non-hydrogen) atoms. The first-order valence-corrected chi connectivity index (χ1v) is 10.2. The maximum atomic E-state index is 12.6. The topological polar surface area (TPSA) is 76.7 Å². The van der Waals surface area contributed by atoms with Gasteiger partial charge < -0.3 is 9.47 Å². The van der Waals surface area contributed by atoms with Crippen LogP contribution < -0.4 is 20.3 Å². The zero-order valence-corrected chi connectivity index (χ0v) is 17.8. The fourth-order valence-corrected chi connectivity index (χ4v) is 2.89. The molecule has 0 aliphatic rings. The van der Waals surface area contributed by atoms with Crippen molar-refractivity contribution in [3.05, 3.63) is 72.3 Å². The molecule has 160 valence electrons. The molecular formula is C24H30N2O4. The van der Waals surface area contributed by atoms with Crippen LogP contribution in [0.15, 0.2) is 61.2 Å². The van der Waals surface area contributed by atoms with Crippen LogP contribution in [-0.2, 0) is 4.79 Å². The molecule has 2 atom stereocenters. The van der Waals surface area contributed by atoms with Crippen molar-refractivity contribution < 1.29 is 19.1 Å². The molecule has 2 aromatic carbocycles. The molecule has 2 aromatic rings. The maximum absolute atomic E-state index is 12.6. The van der Waals surface area contributed by atoms with E-state index in [2.05, 4.69) is 31.3 Å². The van der Waals surface area contributed by atoms with Gasteiger partial charge in [0, 0.05) is 0 Å². The Bertz CT molecular complexity index is 866. The highest BCUT2D eigenvalue weighted by molar-refractivity contribution is 5.98. The third-order valence-corrected chi connectivity index (χ3v) is 4.78. The van der Waals surface area contributed by atoms with Gasteiger partial charge in [-0.15, -0.1) is 0 Å². The molecule has 0 heterocycles. The van der Waals surface area contributed by atoms with Crippen LogP contribution in [0, 0.1) is 0 Å². The van der Waals surface area contributed by atoms with Crippen molar-refractivity contribution in [3.63, 3.8) is 0 Å². The molecule has 0 aliphatic heterocycles. The van der Waals surface area contributed by atoms with Crippen LogP contribution in [0.2, 0.25) is 0 Å². The van der Waals surface area contributed by atoms with Crippen molar-refractivity contribution in [3.8, 4) is 11.5 Å². The van der Waals surface area contributed by atoms with Crippen molar-refractivity contribution in [1.29, 1.82) is 0 Å². The molecule has 2 N–H and O–H groups in total. The lowest BCUT2D eigenvalue weighted by Crippen LogP contribution is -2.48. The standard InChI is InChI=1S/C24H30N2O4/c1-5-16-29-21-14-10-9-13-19(21)23(27)25-26-24(28)20(7-3)30-22-15-11-8-12-18(22)17(4)6-2/h5,8-15,17,20H,1,6-7,16H2,2-4H3,(H,25,27)(H,26,28). The SMILES string of the molecule is C=CCOc1ccccc1C(=O)NNC(=O)C(CC)Oc1ccccc1C(C)CC. The Kier molecular flexibility index (Phi) is 8.94. The molecule has 0 saturated carbocycles. The van der Waals surface area contributed by atoms with Gasteiger partial charge in [-0.25, -0.2) is 0 Å². The molecule has 0 spiro atoms. The first-order chi connectivity index (χ1) is 14.5. The van der Waals surface area contributed by atoms with E-state index in [9.17, 15) is 9.59 Å². The Morgan fingerprint density at radius 3 is 2.33 bits per heavy atom. The summed E-state index contributed by atoms with van der Waals surface area (Å²) in [5.74, 6) is 0.513. The Morgan fingerprint density at radius 2 is 1.67 bits per heavy atom. The Morgan fingerprint density at radius 1 is 1.00 bits per heavy atom. The predicted octanol–water partition coefficient (Wildman–Crippen LogP) is 4.38. The second kappa shape index (κ2) is 11.7. The summed E-state index contributed by atoms with van der Waals surface area (Å²) in [5.41, 5.74) is 6.27. The fourth-order valence-electron chi connectivity index (χ4n) is 2.89. The van der Waals surface area contributed by atoms with Crippen LogP contribution in [0.25, 0.3) is 0 Å². The number of hydrogen-bond donors (Lipinski definition) is 2. The van der Waals surface area contributed by atoms with E-state index in [-0.39, 0.29) is 6.61 Å². The highest BCUT2D eigenvalue weighted by Gasteiger charge is 2.22. The average Bonchev–Trinajstić information content (AvgIpc) is 2.79. The monoisotopic (exact) mass is 410 g/mol. The molecule has 0 radical (unpaired) electrons. The van der Waals surface area contributed by atoms with Gasteiger partial charge in [-0.1, -0.05) is 63.8 Å². The number of hydrazine groups is 1. The summed E-state index contributed by atoms with van der Waals surface area (Å²) in [6.45, 7) is 9.96. The van der Waals surface area contributed by atoms with E-state index in [1.807, 2.05) is 31.2 Å². The number of ether oxygens (including phenoxy) is 2. The van der Waals surface area contributed by atoms with E-state index in [1.54, 1.807) is 30.3 Å². The van der Waals surface area contributed by atoms with Crippen molar-refractivity contribution >= 4 is 11.8 Å². The van der Waals surface area contributed by atoms with Crippen molar-refractivity contribution in [2.45, 2.75) is 45.6 Å². The lowest BCUT2D eigenvalue weighted by Gasteiger charge is -2.21. The maximum Gasteiger partial charge on any atom is 0.279 e. The lowest BCUT2D eigenvalue weighted by atomic mass is 9.98. The second-order valence-corrected chi connectivity index (χ2v) is 6.90. The van der Waals surface area contributed by atoms with Gasteiger partial charge in [0.05, 0.1) is 5.56 Å². The third kappa shape index (κ3) is 6.11. The summed E-state index contributed by atoms with van der Waals surface area (Å²) in [6.07, 6.45) is 2.28. The average molecular weight is 411 g/mol. The van der Waals surface area contributed by atoms with Gasteiger partial charge in [0.25, 0.3) is 11.8 Å². The van der Waals surface area contributed by atoms with Crippen LogP contribution in [-0.4, -0.2) is 24.5 Å². The van der Waals surface area contributed by atoms with Gasteiger partial charge in [0.2, 0.25) is 0 Å². The molecule has 6 nitrogen and oxygen atoms in total. The minimum atomic E-state index is -0.734. The van der Waals surface area contributed by atoms with Crippen molar-refractivity contribution in [1.82, 2.24) is 10.9 Å². The Hall–Kier alpha value is -3.28. The summed E-state index contributed by atoms with van der Waals surface area (Å²) in [7, 11) is 0. The normalized spacial score (nSPS) is 12.4. The smallest absolute Gasteiger partial charge is 0.279 e. The van der Waals surface area contributed by atoms with E-state index >= 15 is 0 Å². The van der Waals surface area contributed by atoms with Crippen LogP contribution >= 0.6 is 0 Å². The van der Waals surface area contributed by atoms with Gasteiger partial charge in [0.1, 0.15) is 18.1 Å². The second-order valence-electron chi connectivity index (χ2n) is 6.90. The molecule has 0 aliphatic carbocycles. The van der Waals surface area contributed by atoms with E-state index in [0.29, 0.717) is 29.4 Å². The summed E-state index contributed by atoms with van der Waals surface area (Å²) in [6, 6.07) is 14.5. The number of hydrogen-bond acceptors (Lipinski definition) is 4. The number of benzene rings is 2. The summed E-state index contributed by atoms with van der Waals surface area (Å²) in [4.78, 5) is 25.1. The Balaban J connectivity index is 2.03. The minimum absolute atomic E-state index is 0.276. The van der Waals surface area contributed by atoms with Gasteiger partial charge in [-0.2, -0.15) is 0 Å². The largest absolute Gasteiger partial charge is 0.489 e. The van der Waals surface area contributed by atoms with E-state index in [0.717, 1.165) is 12.0 Å². The molecule has 2 amide bonds. The van der Waals surface area contributed by atoms with Crippen LogP contribution in [0.3, 0.4) is 0 Å². The van der Waals surface area contributed by atoms with E-state index in [4.69, 9.17) is 9.47 Å². The number of para-hydroxylation sites is 2. The van der Waals surface area contributed by atoms with Gasteiger partial charge in [0.15, 0.2) is 6.10 Å². The number of nitrogens with one attached hydrogen (secondary N) is 2. The molecule has 0 bridgehead atoms. The van der Waals surface area contributed by atoms with Crippen LogP contribution in [0.5, 0.6) is 11.5 Å². The highest BCUT2D eigenvalue weighted by Crippen LogP contribution is 2.29. The summed E-state index contributed by atoms with van der Waals surface area (Å²) in [5, 5.41) is 0. The number of carbonyl (C=O) groups excluding carboxylic acids is 2. The Labute approximate surface area is 178 Å². The zero-order chi connectivity index (χ0) is 21.9.